The fourth-order valence-electron chi connectivity index (χ4n) is 0.860. The third kappa shape index (κ3) is 2.89. The zero-order valence-electron chi connectivity index (χ0n) is 7.46. The average Bonchev–Trinajstić information content (AvgIpc) is 2.50. The first-order valence-corrected chi connectivity index (χ1v) is 4.84. The van der Waals surface area contributed by atoms with Crippen molar-refractivity contribution in [3.05, 3.63) is 16.1 Å². The van der Waals surface area contributed by atoms with Gasteiger partial charge in [-0.1, -0.05) is 0 Å². The van der Waals surface area contributed by atoms with E-state index >= 15 is 0 Å². The Bertz CT molecular complexity index is 225. The van der Waals surface area contributed by atoms with Crippen LogP contribution in [0.15, 0.2) is 6.20 Å². The van der Waals surface area contributed by atoms with Crippen molar-refractivity contribution in [3.8, 4) is 0 Å². The van der Waals surface area contributed by atoms with Gasteiger partial charge in [0.25, 0.3) is 0 Å². The van der Waals surface area contributed by atoms with E-state index in [0.29, 0.717) is 6.61 Å². The summed E-state index contributed by atoms with van der Waals surface area (Å²) in [7, 11) is 1.93. The number of hydrogen-bond donors (Lipinski definition) is 1. The molecule has 0 amide bonds. The minimum Gasteiger partial charge on any atom is -0.375 e. The summed E-state index contributed by atoms with van der Waals surface area (Å²) in [5.74, 6) is 0. The Balaban J connectivity index is 2.41. The molecule has 4 heteroatoms. The van der Waals surface area contributed by atoms with E-state index in [2.05, 4.69) is 10.3 Å². The van der Waals surface area contributed by atoms with Crippen LogP contribution >= 0.6 is 11.3 Å². The second-order valence-corrected chi connectivity index (χ2v) is 3.59. The fraction of sp³-hybridized carbons (Fsp3) is 0.625. The topological polar surface area (TPSA) is 34.1 Å². The molecule has 0 bridgehead atoms. The summed E-state index contributed by atoms with van der Waals surface area (Å²) in [5.41, 5.74) is 0. The van der Waals surface area contributed by atoms with Gasteiger partial charge >= 0.3 is 0 Å². The van der Waals surface area contributed by atoms with E-state index in [-0.39, 0.29) is 0 Å². The van der Waals surface area contributed by atoms with Crippen molar-refractivity contribution in [3.63, 3.8) is 0 Å². The molecule has 0 spiro atoms. The zero-order chi connectivity index (χ0) is 8.81. The first-order valence-electron chi connectivity index (χ1n) is 4.02. The summed E-state index contributed by atoms with van der Waals surface area (Å²) in [6.45, 7) is 4.28. The van der Waals surface area contributed by atoms with Gasteiger partial charge in [-0.15, -0.1) is 11.3 Å². The summed E-state index contributed by atoms with van der Waals surface area (Å²) < 4.78 is 5.24. The second kappa shape index (κ2) is 5.24. The lowest BCUT2D eigenvalue weighted by molar-refractivity contribution is 0.134. The maximum Gasteiger partial charge on any atom is 0.119 e. The molecule has 0 unspecified atom stereocenters. The van der Waals surface area contributed by atoms with Crippen molar-refractivity contribution in [2.45, 2.75) is 20.1 Å². The number of ether oxygens (including phenoxy) is 1. The van der Waals surface area contributed by atoms with Crippen molar-refractivity contribution in [1.29, 1.82) is 0 Å². The summed E-state index contributed by atoms with van der Waals surface area (Å²) in [5, 5.41) is 4.14. The van der Waals surface area contributed by atoms with E-state index in [4.69, 9.17) is 4.74 Å². The molecule has 0 aliphatic heterocycles. The van der Waals surface area contributed by atoms with Crippen LogP contribution in [0.5, 0.6) is 0 Å². The monoisotopic (exact) mass is 186 g/mol. The van der Waals surface area contributed by atoms with Crippen molar-refractivity contribution in [2.24, 2.45) is 0 Å². The molecule has 0 saturated carbocycles. The number of thiazole rings is 1. The zero-order valence-corrected chi connectivity index (χ0v) is 8.28. The molecular formula is C8H14N2OS. The Labute approximate surface area is 76.8 Å². The molecule has 12 heavy (non-hydrogen) atoms. The summed E-state index contributed by atoms with van der Waals surface area (Å²) in [6, 6.07) is 0. The van der Waals surface area contributed by atoms with Crippen LogP contribution in [0.3, 0.4) is 0 Å². The van der Waals surface area contributed by atoms with Crippen LogP contribution in [0.4, 0.5) is 0 Å². The standard InChI is InChI=1S/C8H14N2OS/c1-3-11-6-8-10-5-7(12-8)4-9-2/h5,9H,3-4,6H2,1-2H3. The molecule has 0 aliphatic rings. The molecule has 0 aliphatic carbocycles. The smallest absolute Gasteiger partial charge is 0.119 e. The van der Waals surface area contributed by atoms with Crippen LogP contribution in [0.25, 0.3) is 0 Å². The van der Waals surface area contributed by atoms with Gasteiger partial charge in [0, 0.05) is 24.2 Å². The van der Waals surface area contributed by atoms with E-state index < -0.39 is 0 Å². The normalized spacial score (nSPS) is 10.5. The molecular weight excluding hydrogens is 172 g/mol. The van der Waals surface area contributed by atoms with E-state index in [9.17, 15) is 0 Å². The largest absolute Gasteiger partial charge is 0.375 e. The van der Waals surface area contributed by atoms with Crippen molar-refractivity contribution in [2.75, 3.05) is 13.7 Å². The molecule has 3 nitrogen and oxygen atoms in total. The van der Waals surface area contributed by atoms with Crippen LogP contribution < -0.4 is 5.32 Å². The maximum absolute atomic E-state index is 5.24. The van der Waals surface area contributed by atoms with E-state index in [1.807, 2.05) is 20.2 Å². The van der Waals surface area contributed by atoms with Crippen LogP contribution in [0, 0.1) is 0 Å². The Hall–Kier alpha value is -0.450. The van der Waals surface area contributed by atoms with Gasteiger partial charge in [-0.2, -0.15) is 0 Å². The third-order valence-corrected chi connectivity index (χ3v) is 2.35. The van der Waals surface area contributed by atoms with Gasteiger partial charge in [-0.3, -0.25) is 0 Å². The fourth-order valence-corrected chi connectivity index (χ4v) is 1.73. The quantitative estimate of drug-likeness (QED) is 0.754. The lowest BCUT2D eigenvalue weighted by Gasteiger charge is -1.94. The molecule has 0 atom stereocenters. The Morgan fingerprint density at radius 2 is 2.50 bits per heavy atom. The first-order chi connectivity index (χ1) is 5.86. The number of nitrogens with one attached hydrogen (secondary N) is 1. The van der Waals surface area contributed by atoms with Crippen molar-refractivity contribution in [1.82, 2.24) is 10.3 Å². The lowest BCUT2D eigenvalue weighted by Crippen LogP contribution is -2.02. The summed E-state index contributed by atoms with van der Waals surface area (Å²) in [6.07, 6.45) is 1.90. The van der Waals surface area contributed by atoms with Gasteiger partial charge in [0.2, 0.25) is 0 Å². The van der Waals surface area contributed by atoms with Crippen LogP contribution in [-0.2, 0) is 17.9 Å². The van der Waals surface area contributed by atoms with E-state index in [1.165, 1.54) is 4.88 Å². The molecule has 0 fully saturated rings. The number of hydrogen-bond acceptors (Lipinski definition) is 4. The highest BCUT2D eigenvalue weighted by Gasteiger charge is 1.99. The van der Waals surface area contributed by atoms with Gasteiger partial charge in [0.15, 0.2) is 0 Å². The molecule has 0 radical (unpaired) electrons. The highest BCUT2D eigenvalue weighted by Crippen LogP contribution is 2.13. The number of nitrogens with zero attached hydrogens (tertiary/aromatic N) is 1. The molecule has 1 heterocycles. The van der Waals surface area contributed by atoms with Crippen LogP contribution in [-0.4, -0.2) is 18.6 Å². The molecule has 1 aromatic heterocycles. The molecule has 1 N–H and O–H groups in total. The predicted octanol–water partition coefficient (Wildman–Crippen LogP) is 1.40. The molecule has 0 aromatic carbocycles. The van der Waals surface area contributed by atoms with Gasteiger partial charge in [0.1, 0.15) is 5.01 Å². The van der Waals surface area contributed by atoms with Crippen LogP contribution in [0.2, 0.25) is 0 Å². The van der Waals surface area contributed by atoms with Gasteiger partial charge < -0.3 is 10.1 Å². The molecule has 1 rings (SSSR count). The highest BCUT2D eigenvalue weighted by atomic mass is 32.1. The molecule has 0 saturated heterocycles. The minimum absolute atomic E-state index is 0.644. The summed E-state index contributed by atoms with van der Waals surface area (Å²) in [4.78, 5) is 5.48. The highest BCUT2D eigenvalue weighted by molar-refractivity contribution is 7.11. The number of aromatic nitrogens is 1. The lowest BCUT2D eigenvalue weighted by atomic mass is 10.5. The minimum atomic E-state index is 0.644. The van der Waals surface area contributed by atoms with Gasteiger partial charge in [-0.25, -0.2) is 4.98 Å². The van der Waals surface area contributed by atoms with Crippen molar-refractivity contribution < 1.29 is 4.74 Å². The number of rotatable bonds is 5. The Kier molecular flexibility index (Phi) is 4.21. The summed E-state index contributed by atoms with van der Waals surface area (Å²) >= 11 is 1.70. The average molecular weight is 186 g/mol. The SMILES string of the molecule is CCOCc1ncc(CNC)s1. The van der Waals surface area contributed by atoms with Gasteiger partial charge in [-0.05, 0) is 14.0 Å². The van der Waals surface area contributed by atoms with Gasteiger partial charge in [0.05, 0.1) is 6.61 Å². The second-order valence-electron chi connectivity index (χ2n) is 2.39. The molecule has 68 valence electrons. The Morgan fingerprint density at radius 1 is 1.67 bits per heavy atom. The Morgan fingerprint density at radius 3 is 3.17 bits per heavy atom. The van der Waals surface area contributed by atoms with Crippen molar-refractivity contribution >= 4 is 11.3 Å². The third-order valence-electron chi connectivity index (χ3n) is 1.38. The van der Waals surface area contributed by atoms with E-state index in [1.54, 1.807) is 11.3 Å². The molecule has 1 aromatic rings. The first kappa shape index (κ1) is 9.64. The van der Waals surface area contributed by atoms with E-state index in [0.717, 1.165) is 18.2 Å². The predicted molar refractivity (Wildman–Crippen MR) is 50.2 cm³/mol. The maximum atomic E-state index is 5.24. The van der Waals surface area contributed by atoms with Crippen LogP contribution in [0.1, 0.15) is 16.8 Å².